The number of halogens is 1. The molecule has 0 spiro atoms. The van der Waals surface area contributed by atoms with Crippen molar-refractivity contribution in [3.8, 4) is 0 Å². The minimum atomic E-state index is -0.451. The number of benzene rings is 1. The molecule has 5 rings (SSSR count). The second-order valence-electron chi connectivity index (χ2n) is 11.2. The molecule has 2 saturated carbocycles. The molecule has 1 aromatic carbocycles. The Labute approximate surface area is 225 Å². The molecular weight excluding hydrogens is 514 g/mol. The van der Waals surface area contributed by atoms with Gasteiger partial charge in [0.05, 0.1) is 22.3 Å². The molecular formula is C27H32ClN3O5S. The van der Waals surface area contributed by atoms with Crippen LogP contribution in [0.25, 0.3) is 0 Å². The van der Waals surface area contributed by atoms with Crippen molar-refractivity contribution >= 4 is 46.7 Å². The minimum absolute atomic E-state index is 0.0570. The van der Waals surface area contributed by atoms with Crippen LogP contribution >= 0.6 is 22.9 Å². The van der Waals surface area contributed by atoms with Crippen molar-refractivity contribution in [1.82, 2.24) is 10.6 Å². The van der Waals surface area contributed by atoms with Crippen LogP contribution in [-0.4, -0.2) is 49.4 Å². The van der Waals surface area contributed by atoms with Gasteiger partial charge in [0.2, 0.25) is 0 Å². The second-order valence-corrected chi connectivity index (χ2v) is 12.9. The number of ether oxygens (including phenoxy) is 2. The van der Waals surface area contributed by atoms with Crippen LogP contribution in [0.15, 0.2) is 36.4 Å². The van der Waals surface area contributed by atoms with E-state index in [9.17, 15) is 14.4 Å². The predicted octanol–water partition coefficient (Wildman–Crippen LogP) is 5.49. The van der Waals surface area contributed by atoms with E-state index in [4.69, 9.17) is 21.1 Å². The summed E-state index contributed by atoms with van der Waals surface area (Å²) in [5.74, 6) is -0.242. The maximum atomic E-state index is 12.6. The van der Waals surface area contributed by atoms with E-state index in [1.807, 2.05) is 24.3 Å². The Morgan fingerprint density at radius 1 is 1.19 bits per heavy atom. The number of nitrogens with zero attached hydrogens (tertiary/aromatic N) is 1. The van der Waals surface area contributed by atoms with Crippen molar-refractivity contribution in [2.24, 2.45) is 5.41 Å². The van der Waals surface area contributed by atoms with Crippen LogP contribution in [-0.2, 0) is 14.9 Å². The lowest BCUT2D eigenvalue weighted by atomic mass is 9.73. The van der Waals surface area contributed by atoms with Gasteiger partial charge in [0.15, 0.2) is 0 Å². The molecule has 8 nitrogen and oxygen atoms in total. The highest BCUT2D eigenvalue weighted by atomic mass is 35.5. The van der Waals surface area contributed by atoms with Gasteiger partial charge in [0.25, 0.3) is 5.91 Å². The first kappa shape index (κ1) is 25.9. The summed E-state index contributed by atoms with van der Waals surface area (Å²) in [7, 11) is 0. The van der Waals surface area contributed by atoms with E-state index in [1.165, 1.54) is 11.3 Å². The molecule has 3 amide bonds. The molecule has 2 aromatic rings. The molecule has 2 N–H and O–H groups in total. The molecule has 1 aliphatic heterocycles. The van der Waals surface area contributed by atoms with Crippen LogP contribution in [0, 0.1) is 5.41 Å². The first-order valence-electron chi connectivity index (χ1n) is 12.6. The SMILES string of the molecule is CC(C)(C)C(NC(=O)OC1CC1)C1(c2ccc(N3CC(CNC(=O)c4ccc(Cl)s4)OC3=O)cc2)CC1. The molecule has 0 bridgehead atoms. The lowest BCUT2D eigenvalue weighted by molar-refractivity contribution is 0.0920. The molecule has 198 valence electrons. The number of hydrogen-bond donors (Lipinski definition) is 2. The third-order valence-electron chi connectivity index (χ3n) is 7.18. The van der Waals surface area contributed by atoms with Gasteiger partial charge < -0.3 is 20.1 Å². The molecule has 0 radical (unpaired) electrons. The maximum Gasteiger partial charge on any atom is 0.414 e. The molecule has 2 heterocycles. The highest BCUT2D eigenvalue weighted by molar-refractivity contribution is 7.18. The number of amides is 3. The van der Waals surface area contributed by atoms with E-state index < -0.39 is 12.2 Å². The van der Waals surface area contributed by atoms with E-state index in [0.29, 0.717) is 15.8 Å². The molecule has 3 fully saturated rings. The van der Waals surface area contributed by atoms with Crippen LogP contribution in [0.5, 0.6) is 0 Å². The number of anilines is 1. The number of carbonyl (C=O) groups is 3. The van der Waals surface area contributed by atoms with Gasteiger partial charge in [-0.05, 0) is 60.9 Å². The van der Waals surface area contributed by atoms with E-state index in [1.54, 1.807) is 17.0 Å². The lowest BCUT2D eigenvalue weighted by Gasteiger charge is -2.38. The fourth-order valence-electron chi connectivity index (χ4n) is 5.09. The number of alkyl carbamates (subject to hydrolysis) is 1. The third kappa shape index (κ3) is 5.72. The van der Waals surface area contributed by atoms with Crippen molar-refractivity contribution < 1.29 is 23.9 Å². The molecule has 2 unspecified atom stereocenters. The monoisotopic (exact) mass is 545 g/mol. The summed E-state index contributed by atoms with van der Waals surface area (Å²) in [5, 5.41) is 5.97. The number of thiophene rings is 1. The van der Waals surface area contributed by atoms with Gasteiger partial charge in [-0.25, -0.2) is 9.59 Å². The van der Waals surface area contributed by atoms with E-state index in [-0.39, 0.29) is 41.5 Å². The molecule has 1 saturated heterocycles. The molecule has 3 aliphatic rings. The Morgan fingerprint density at radius 2 is 1.89 bits per heavy atom. The smallest absolute Gasteiger partial charge is 0.414 e. The lowest BCUT2D eigenvalue weighted by Crippen LogP contribution is -2.51. The zero-order chi connectivity index (χ0) is 26.4. The zero-order valence-corrected chi connectivity index (χ0v) is 22.8. The second kappa shape index (κ2) is 9.83. The summed E-state index contributed by atoms with van der Waals surface area (Å²) < 4.78 is 11.5. The molecule has 37 heavy (non-hydrogen) atoms. The van der Waals surface area contributed by atoms with Crippen molar-refractivity contribution in [2.45, 2.75) is 70.1 Å². The summed E-state index contributed by atoms with van der Waals surface area (Å²) in [5.41, 5.74) is 1.54. The van der Waals surface area contributed by atoms with Crippen molar-refractivity contribution in [1.29, 1.82) is 0 Å². The summed E-state index contributed by atoms with van der Waals surface area (Å²) in [6.07, 6.45) is 2.65. The molecule has 2 atom stereocenters. The predicted molar refractivity (Wildman–Crippen MR) is 143 cm³/mol. The Hall–Kier alpha value is -2.78. The summed E-state index contributed by atoms with van der Waals surface area (Å²) in [6, 6.07) is 11.2. The van der Waals surface area contributed by atoms with Crippen molar-refractivity contribution in [3.63, 3.8) is 0 Å². The standard InChI is InChI=1S/C27H32ClN3O5S/c1-26(2,3)23(30-24(33)35-18-8-9-18)27(12-13-27)16-4-6-17(7-5-16)31-15-19(36-25(31)34)14-29-22(32)20-10-11-21(28)37-20/h4-7,10-11,18-19,23H,8-9,12-15H2,1-3H3,(H,29,32)(H,30,33). The molecule has 2 aliphatic carbocycles. The van der Waals surface area contributed by atoms with Crippen LogP contribution in [0.3, 0.4) is 0 Å². The quantitative estimate of drug-likeness (QED) is 0.457. The zero-order valence-electron chi connectivity index (χ0n) is 21.2. The summed E-state index contributed by atoms with van der Waals surface area (Å²) in [4.78, 5) is 39.4. The number of nitrogens with one attached hydrogen (secondary N) is 2. The van der Waals surface area contributed by atoms with Crippen molar-refractivity contribution in [3.05, 3.63) is 51.2 Å². The van der Waals surface area contributed by atoms with Gasteiger partial charge in [0.1, 0.15) is 12.2 Å². The normalized spacial score (nSPS) is 21.2. The van der Waals surface area contributed by atoms with E-state index in [0.717, 1.165) is 36.9 Å². The largest absolute Gasteiger partial charge is 0.446 e. The average Bonchev–Trinajstić information content (AvgIpc) is 3.75. The van der Waals surface area contributed by atoms with Gasteiger partial charge in [-0.15, -0.1) is 11.3 Å². The number of rotatable bonds is 8. The van der Waals surface area contributed by atoms with Crippen LogP contribution in [0.1, 0.15) is 61.7 Å². The highest BCUT2D eigenvalue weighted by Gasteiger charge is 2.55. The summed E-state index contributed by atoms with van der Waals surface area (Å²) >= 11 is 7.10. The van der Waals surface area contributed by atoms with E-state index in [2.05, 4.69) is 31.4 Å². The number of carbonyl (C=O) groups excluding carboxylic acids is 3. The highest BCUT2D eigenvalue weighted by Crippen LogP contribution is 2.55. The fourth-order valence-corrected chi connectivity index (χ4v) is 6.05. The van der Waals surface area contributed by atoms with Gasteiger partial charge in [-0.3, -0.25) is 9.69 Å². The molecule has 10 heteroatoms. The Balaban J connectivity index is 1.22. The van der Waals surface area contributed by atoms with Gasteiger partial charge in [0, 0.05) is 17.1 Å². The first-order chi connectivity index (χ1) is 17.5. The molecule has 1 aromatic heterocycles. The number of hydrogen-bond acceptors (Lipinski definition) is 6. The minimum Gasteiger partial charge on any atom is -0.446 e. The maximum absolute atomic E-state index is 12.6. The topological polar surface area (TPSA) is 97.0 Å². The van der Waals surface area contributed by atoms with Gasteiger partial charge in [-0.1, -0.05) is 44.5 Å². The van der Waals surface area contributed by atoms with Crippen LogP contribution < -0.4 is 15.5 Å². The Morgan fingerprint density at radius 3 is 2.46 bits per heavy atom. The number of cyclic esters (lactones) is 1. The third-order valence-corrected chi connectivity index (χ3v) is 8.41. The van der Waals surface area contributed by atoms with Gasteiger partial charge in [-0.2, -0.15) is 0 Å². The van der Waals surface area contributed by atoms with Crippen molar-refractivity contribution in [2.75, 3.05) is 18.0 Å². The van der Waals surface area contributed by atoms with E-state index >= 15 is 0 Å². The Bertz CT molecular complexity index is 1180. The Kier molecular flexibility index (Phi) is 6.87. The fraction of sp³-hybridized carbons (Fsp3) is 0.519. The summed E-state index contributed by atoms with van der Waals surface area (Å²) in [6.45, 7) is 6.96. The first-order valence-corrected chi connectivity index (χ1v) is 13.8. The average molecular weight is 546 g/mol. The van der Waals surface area contributed by atoms with Crippen LogP contribution in [0.2, 0.25) is 4.34 Å². The van der Waals surface area contributed by atoms with Gasteiger partial charge >= 0.3 is 12.2 Å². The van der Waals surface area contributed by atoms with Crippen LogP contribution in [0.4, 0.5) is 15.3 Å².